The Bertz CT molecular complexity index is 1030. The first kappa shape index (κ1) is 22.6. The fourth-order valence-corrected chi connectivity index (χ4v) is 3.56. The van der Waals surface area contributed by atoms with Gasteiger partial charge in [0.1, 0.15) is 11.9 Å². The average Bonchev–Trinajstić information content (AvgIpc) is 3.23. The van der Waals surface area contributed by atoms with Crippen LogP contribution in [0.1, 0.15) is 54.0 Å². The van der Waals surface area contributed by atoms with Crippen molar-refractivity contribution in [1.82, 2.24) is 19.8 Å². The van der Waals surface area contributed by atoms with Crippen molar-refractivity contribution in [2.45, 2.75) is 45.8 Å². The van der Waals surface area contributed by atoms with Crippen LogP contribution in [0, 0.1) is 12.7 Å². The Balaban J connectivity index is 2.08. The predicted molar refractivity (Wildman–Crippen MR) is 118 cm³/mol. The van der Waals surface area contributed by atoms with Gasteiger partial charge in [-0.05, 0) is 62.5 Å². The zero-order chi connectivity index (χ0) is 22.6. The molecular formula is C23H25FN4O2S. The number of hydrogen-bond acceptors (Lipinski definition) is 5. The zero-order valence-corrected chi connectivity index (χ0v) is 18.7. The maximum Gasteiger partial charge on any atom is 0.276 e. The number of carbonyl (C=O) groups excluding carboxylic acids is 2. The molecule has 1 unspecified atom stereocenters. The second kappa shape index (κ2) is 9.34. The normalized spacial score (nSPS) is 12.3. The van der Waals surface area contributed by atoms with Gasteiger partial charge >= 0.3 is 0 Å². The number of aryl methyl sites for hydroxylation is 1. The summed E-state index contributed by atoms with van der Waals surface area (Å²) >= 11 is 1.06. The molecule has 2 amide bonds. The van der Waals surface area contributed by atoms with E-state index in [1.807, 2.05) is 52.0 Å². The molecule has 6 nitrogen and oxygen atoms in total. The molecular weight excluding hydrogens is 415 g/mol. The molecule has 8 heteroatoms. The number of carbonyl (C=O) groups is 2. The first-order valence-electron chi connectivity index (χ1n) is 9.85. The number of aromatic nitrogens is 2. The minimum absolute atomic E-state index is 0.104. The van der Waals surface area contributed by atoms with Crippen LogP contribution >= 0.6 is 11.5 Å². The second-order valence-electron chi connectivity index (χ2n) is 8.40. The molecule has 1 heterocycles. The number of nitrogens with zero attached hydrogens (tertiary/aromatic N) is 3. The number of nitrogens with one attached hydrogen (secondary N) is 1. The summed E-state index contributed by atoms with van der Waals surface area (Å²) in [5.74, 6) is -1.10. The summed E-state index contributed by atoms with van der Waals surface area (Å²) < 4.78 is 17.2. The van der Waals surface area contributed by atoms with E-state index in [1.165, 1.54) is 17.0 Å². The fraction of sp³-hybridized carbons (Fsp3) is 0.304. The summed E-state index contributed by atoms with van der Waals surface area (Å²) in [6.45, 7) is 7.71. The lowest BCUT2D eigenvalue weighted by Crippen LogP contribution is -2.49. The van der Waals surface area contributed by atoms with E-state index < -0.39 is 17.5 Å². The SMILES string of the molecule is Cc1ccc(C(C(=O)NC(C)(C)C)N(Cc2ccc(F)cc2)C(=O)c2csnn2)cc1. The molecule has 0 aliphatic rings. The van der Waals surface area contributed by atoms with Crippen LogP contribution in [0.15, 0.2) is 53.9 Å². The van der Waals surface area contributed by atoms with Crippen LogP contribution in [0.5, 0.6) is 0 Å². The van der Waals surface area contributed by atoms with Crippen molar-refractivity contribution in [2.24, 2.45) is 0 Å². The van der Waals surface area contributed by atoms with E-state index in [1.54, 1.807) is 17.5 Å². The largest absolute Gasteiger partial charge is 0.349 e. The highest BCUT2D eigenvalue weighted by molar-refractivity contribution is 7.03. The molecule has 0 radical (unpaired) electrons. The number of hydrogen-bond donors (Lipinski definition) is 1. The first-order valence-corrected chi connectivity index (χ1v) is 10.7. The van der Waals surface area contributed by atoms with E-state index in [9.17, 15) is 14.0 Å². The molecule has 0 spiro atoms. The monoisotopic (exact) mass is 440 g/mol. The van der Waals surface area contributed by atoms with E-state index in [4.69, 9.17) is 0 Å². The quantitative estimate of drug-likeness (QED) is 0.621. The topological polar surface area (TPSA) is 75.2 Å². The van der Waals surface area contributed by atoms with E-state index in [2.05, 4.69) is 14.9 Å². The predicted octanol–water partition coefficient (Wildman–Crippen LogP) is 4.28. The van der Waals surface area contributed by atoms with Gasteiger partial charge in [0, 0.05) is 17.5 Å². The Hall–Kier alpha value is -3.13. The molecule has 1 atom stereocenters. The second-order valence-corrected chi connectivity index (χ2v) is 9.01. The van der Waals surface area contributed by atoms with Crippen molar-refractivity contribution >= 4 is 23.3 Å². The van der Waals surface area contributed by atoms with Crippen molar-refractivity contribution in [3.05, 3.63) is 82.1 Å². The molecule has 31 heavy (non-hydrogen) atoms. The van der Waals surface area contributed by atoms with Crippen LogP contribution in [0.25, 0.3) is 0 Å². The maximum absolute atomic E-state index is 13.4. The third-order valence-electron chi connectivity index (χ3n) is 4.56. The molecule has 1 aromatic heterocycles. The minimum atomic E-state index is -0.904. The smallest absolute Gasteiger partial charge is 0.276 e. The molecule has 3 aromatic rings. The van der Waals surface area contributed by atoms with Gasteiger partial charge in [-0.15, -0.1) is 5.10 Å². The molecule has 0 bridgehead atoms. The number of amides is 2. The lowest BCUT2D eigenvalue weighted by Gasteiger charge is -2.33. The molecule has 3 rings (SSSR count). The van der Waals surface area contributed by atoms with Crippen molar-refractivity contribution in [1.29, 1.82) is 0 Å². The number of rotatable bonds is 6. The third-order valence-corrected chi connectivity index (χ3v) is 5.06. The Morgan fingerprint density at radius 2 is 1.74 bits per heavy atom. The van der Waals surface area contributed by atoms with Crippen molar-refractivity contribution in [2.75, 3.05) is 0 Å². The third kappa shape index (κ3) is 5.95. The van der Waals surface area contributed by atoms with Crippen molar-refractivity contribution in [3.63, 3.8) is 0 Å². The van der Waals surface area contributed by atoms with Crippen molar-refractivity contribution < 1.29 is 14.0 Å². The minimum Gasteiger partial charge on any atom is -0.349 e. The molecule has 0 aliphatic heterocycles. The van der Waals surface area contributed by atoms with Gasteiger partial charge in [0.15, 0.2) is 5.69 Å². The van der Waals surface area contributed by atoms with E-state index in [0.717, 1.165) is 17.1 Å². The summed E-state index contributed by atoms with van der Waals surface area (Å²) in [6.07, 6.45) is 0. The van der Waals surface area contributed by atoms with Gasteiger partial charge in [-0.2, -0.15) is 0 Å². The van der Waals surface area contributed by atoms with Crippen LogP contribution < -0.4 is 5.32 Å². The first-order chi connectivity index (χ1) is 14.6. The van der Waals surface area contributed by atoms with Crippen LogP contribution in [-0.4, -0.2) is 31.8 Å². The Morgan fingerprint density at radius 1 is 1.10 bits per heavy atom. The molecule has 0 fully saturated rings. The van der Waals surface area contributed by atoms with Crippen LogP contribution in [0.2, 0.25) is 0 Å². The summed E-state index contributed by atoms with van der Waals surface area (Å²) in [6, 6.07) is 12.4. The summed E-state index contributed by atoms with van der Waals surface area (Å²) in [5.41, 5.74) is 2.07. The zero-order valence-electron chi connectivity index (χ0n) is 17.9. The molecule has 0 saturated carbocycles. The van der Waals surface area contributed by atoms with E-state index in [-0.39, 0.29) is 24.0 Å². The van der Waals surface area contributed by atoms with Gasteiger partial charge in [0.25, 0.3) is 5.91 Å². The fourth-order valence-electron chi connectivity index (χ4n) is 3.13. The highest BCUT2D eigenvalue weighted by atomic mass is 32.1. The summed E-state index contributed by atoms with van der Waals surface area (Å²) in [7, 11) is 0. The van der Waals surface area contributed by atoms with Gasteiger partial charge in [-0.3, -0.25) is 9.59 Å². The molecule has 2 aromatic carbocycles. The van der Waals surface area contributed by atoms with Gasteiger partial charge in [-0.1, -0.05) is 46.4 Å². The highest BCUT2D eigenvalue weighted by Crippen LogP contribution is 2.27. The Kier molecular flexibility index (Phi) is 6.80. The summed E-state index contributed by atoms with van der Waals surface area (Å²) in [5, 5.41) is 8.43. The molecule has 0 aliphatic carbocycles. The Morgan fingerprint density at radius 3 is 2.29 bits per heavy atom. The van der Waals surface area contributed by atoms with Gasteiger partial charge in [0.2, 0.25) is 5.91 Å². The van der Waals surface area contributed by atoms with Crippen molar-refractivity contribution in [3.8, 4) is 0 Å². The average molecular weight is 441 g/mol. The summed E-state index contributed by atoms with van der Waals surface area (Å²) in [4.78, 5) is 28.3. The van der Waals surface area contributed by atoms with E-state index >= 15 is 0 Å². The molecule has 1 N–H and O–H groups in total. The Labute approximate surface area is 185 Å². The standard InChI is InChI=1S/C23H25FN4O2S/c1-15-5-9-17(10-6-15)20(21(29)25-23(2,3)4)28(22(30)19-14-31-27-26-19)13-16-7-11-18(24)12-8-16/h5-12,14,20H,13H2,1-4H3,(H,25,29). The number of benzene rings is 2. The highest BCUT2D eigenvalue weighted by Gasteiger charge is 2.34. The van der Waals surface area contributed by atoms with E-state index in [0.29, 0.717) is 11.1 Å². The number of halogens is 1. The van der Waals surface area contributed by atoms with Gasteiger partial charge in [0.05, 0.1) is 0 Å². The van der Waals surface area contributed by atoms with Crippen LogP contribution in [0.3, 0.4) is 0 Å². The van der Waals surface area contributed by atoms with Crippen LogP contribution in [0.4, 0.5) is 4.39 Å². The lowest BCUT2D eigenvalue weighted by atomic mass is 9.99. The van der Waals surface area contributed by atoms with Gasteiger partial charge < -0.3 is 10.2 Å². The molecule has 162 valence electrons. The van der Waals surface area contributed by atoms with Gasteiger partial charge in [-0.25, -0.2) is 4.39 Å². The molecule has 0 saturated heterocycles. The lowest BCUT2D eigenvalue weighted by molar-refractivity contribution is -0.127. The van der Waals surface area contributed by atoms with Crippen LogP contribution in [-0.2, 0) is 11.3 Å². The maximum atomic E-state index is 13.4.